The molecule has 1 aliphatic rings. The minimum Gasteiger partial charge on any atom is -0.480 e. The second kappa shape index (κ2) is 4.99. The number of aromatic nitrogens is 1. The van der Waals surface area contributed by atoms with Crippen LogP contribution in [-0.2, 0) is 4.79 Å². The number of rotatable bonds is 2. The van der Waals surface area contributed by atoms with Gasteiger partial charge in [-0.15, -0.1) is 0 Å². The van der Waals surface area contributed by atoms with Crippen molar-refractivity contribution in [1.29, 1.82) is 0 Å². The van der Waals surface area contributed by atoms with E-state index in [1.807, 2.05) is 0 Å². The van der Waals surface area contributed by atoms with Crippen LogP contribution in [-0.4, -0.2) is 39.5 Å². The summed E-state index contributed by atoms with van der Waals surface area (Å²) in [6, 6.07) is 2.71. The lowest BCUT2D eigenvalue weighted by atomic mass is 10.2. The van der Waals surface area contributed by atoms with E-state index in [9.17, 15) is 9.59 Å². The minimum atomic E-state index is -0.943. The number of carbonyl (C=O) groups excluding carboxylic acids is 1. The Balaban J connectivity index is 2.19. The molecule has 0 aromatic carbocycles. The summed E-state index contributed by atoms with van der Waals surface area (Å²) in [5.74, 6) is -1.24. The maximum absolute atomic E-state index is 12.1. The SMILES string of the molecule is O=C(O)[C@H]1CCCN1C(=O)c1ccc(I)cn1. The number of hydrogen-bond donors (Lipinski definition) is 1. The molecule has 6 heteroatoms. The second-order valence-electron chi connectivity index (χ2n) is 3.86. The van der Waals surface area contributed by atoms with Crippen LogP contribution in [0, 0.1) is 3.57 Å². The largest absolute Gasteiger partial charge is 0.480 e. The number of nitrogens with zero attached hydrogens (tertiary/aromatic N) is 2. The Morgan fingerprint density at radius 1 is 1.47 bits per heavy atom. The lowest BCUT2D eigenvalue weighted by molar-refractivity contribution is -0.141. The number of halogens is 1. The Morgan fingerprint density at radius 3 is 2.82 bits per heavy atom. The topological polar surface area (TPSA) is 70.5 Å². The second-order valence-corrected chi connectivity index (χ2v) is 5.10. The first-order chi connectivity index (χ1) is 8.09. The molecule has 2 heterocycles. The van der Waals surface area contributed by atoms with Gasteiger partial charge >= 0.3 is 5.97 Å². The molecule has 0 spiro atoms. The van der Waals surface area contributed by atoms with E-state index in [2.05, 4.69) is 27.6 Å². The van der Waals surface area contributed by atoms with Gasteiger partial charge in [0.05, 0.1) is 0 Å². The van der Waals surface area contributed by atoms with Gasteiger partial charge in [0.25, 0.3) is 5.91 Å². The zero-order valence-corrected chi connectivity index (χ0v) is 11.1. The molecule has 90 valence electrons. The number of carbonyl (C=O) groups is 2. The number of carboxylic acid groups (broad SMARTS) is 1. The van der Waals surface area contributed by atoms with Crippen molar-refractivity contribution < 1.29 is 14.7 Å². The van der Waals surface area contributed by atoms with Crippen LogP contribution in [0.15, 0.2) is 18.3 Å². The molecule has 17 heavy (non-hydrogen) atoms. The average Bonchev–Trinajstić information content (AvgIpc) is 2.78. The van der Waals surface area contributed by atoms with Crippen molar-refractivity contribution in [2.24, 2.45) is 0 Å². The Labute approximate surface area is 112 Å². The summed E-state index contributed by atoms with van der Waals surface area (Å²) < 4.78 is 0.940. The molecule has 1 aromatic heterocycles. The Morgan fingerprint density at radius 2 is 2.24 bits per heavy atom. The Bertz CT molecular complexity index is 447. The number of likely N-dealkylation sites (tertiary alicyclic amines) is 1. The predicted molar refractivity (Wildman–Crippen MR) is 68.6 cm³/mol. The number of carboxylic acids is 1. The number of hydrogen-bond acceptors (Lipinski definition) is 3. The third-order valence-corrected chi connectivity index (χ3v) is 3.38. The van der Waals surface area contributed by atoms with Crippen molar-refractivity contribution in [2.75, 3.05) is 6.54 Å². The van der Waals surface area contributed by atoms with Gasteiger partial charge in [-0.3, -0.25) is 4.79 Å². The zero-order valence-electron chi connectivity index (χ0n) is 8.97. The van der Waals surface area contributed by atoms with Crippen LogP contribution in [0.2, 0.25) is 0 Å². The predicted octanol–water partition coefficient (Wildman–Crippen LogP) is 1.38. The Kier molecular flexibility index (Phi) is 3.60. The number of amides is 1. The lowest BCUT2D eigenvalue weighted by Gasteiger charge is -2.20. The van der Waals surface area contributed by atoms with Gasteiger partial charge in [0.15, 0.2) is 0 Å². The summed E-state index contributed by atoms with van der Waals surface area (Å²) in [7, 11) is 0. The van der Waals surface area contributed by atoms with E-state index in [0.717, 1.165) is 9.99 Å². The van der Waals surface area contributed by atoms with Crippen LogP contribution < -0.4 is 0 Å². The normalized spacial score (nSPS) is 19.4. The van der Waals surface area contributed by atoms with Gasteiger partial charge in [-0.05, 0) is 47.6 Å². The molecule has 1 fully saturated rings. The highest BCUT2D eigenvalue weighted by Crippen LogP contribution is 2.19. The first-order valence-corrected chi connectivity index (χ1v) is 6.33. The Hall–Kier alpha value is -1.18. The average molecular weight is 346 g/mol. The molecule has 0 radical (unpaired) electrons. The van der Waals surface area contributed by atoms with Crippen LogP contribution in [0.1, 0.15) is 23.3 Å². The van der Waals surface area contributed by atoms with Gasteiger partial charge in [0, 0.05) is 16.3 Å². The van der Waals surface area contributed by atoms with Crippen LogP contribution in [0.4, 0.5) is 0 Å². The van der Waals surface area contributed by atoms with Crippen molar-refractivity contribution in [3.8, 4) is 0 Å². The fraction of sp³-hybridized carbons (Fsp3) is 0.364. The summed E-state index contributed by atoms with van der Waals surface area (Å²) in [6.45, 7) is 0.490. The van der Waals surface area contributed by atoms with Gasteiger partial charge in [0.1, 0.15) is 11.7 Å². The molecule has 1 N–H and O–H groups in total. The van der Waals surface area contributed by atoms with E-state index in [0.29, 0.717) is 18.7 Å². The summed E-state index contributed by atoms with van der Waals surface area (Å²) in [6.07, 6.45) is 2.85. The summed E-state index contributed by atoms with van der Waals surface area (Å²) in [5.41, 5.74) is 0.304. The van der Waals surface area contributed by atoms with Gasteiger partial charge in [-0.1, -0.05) is 0 Å². The van der Waals surface area contributed by atoms with E-state index >= 15 is 0 Å². The summed E-state index contributed by atoms with van der Waals surface area (Å²) in [4.78, 5) is 28.5. The fourth-order valence-electron chi connectivity index (χ4n) is 1.92. The third kappa shape index (κ3) is 2.56. The van der Waals surface area contributed by atoms with Crippen LogP contribution >= 0.6 is 22.6 Å². The van der Waals surface area contributed by atoms with Gasteiger partial charge < -0.3 is 10.0 Å². The van der Waals surface area contributed by atoms with Crippen LogP contribution in [0.5, 0.6) is 0 Å². The monoisotopic (exact) mass is 346 g/mol. The lowest BCUT2D eigenvalue weighted by Crippen LogP contribution is -2.40. The van der Waals surface area contributed by atoms with Crippen molar-refractivity contribution in [1.82, 2.24) is 9.88 Å². The van der Waals surface area contributed by atoms with E-state index < -0.39 is 12.0 Å². The van der Waals surface area contributed by atoms with Crippen LogP contribution in [0.25, 0.3) is 0 Å². The molecule has 1 aliphatic heterocycles. The molecule has 0 bridgehead atoms. The molecule has 1 atom stereocenters. The minimum absolute atomic E-state index is 0.300. The first-order valence-electron chi connectivity index (χ1n) is 5.25. The van der Waals surface area contributed by atoms with Gasteiger partial charge in [-0.2, -0.15) is 0 Å². The molecule has 1 amide bonds. The maximum atomic E-state index is 12.1. The van der Waals surface area contributed by atoms with E-state index in [1.54, 1.807) is 18.3 Å². The molecule has 0 unspecified atom stereocenters. The van der Waals surface area contributed by atoms with Crippen molar-refractivity contribution in [2.45, 2.75) is 18.9 Å². The number of pyridine rings is 1. The van der Waals surface area contributed by atoms with E-state index in [1.165, 1.54) is 4.90 Å². The summed E-state index contributed by atoms with van der Waals surface area (Å²) in [5, 5.41) is 9.01. The van der Waals surface area contributed by atoms with E-state index in [4.69, 9.17) is 5.11 Å². The molecule has 2 rings (SSSR count). The summed E-state index contributed by atoms with van der Waals surface area (Å²) >= 11 is 2.10. The molecular formula is C11H11IN2O3. The molecular weight excluding hydrogens is 335 g/mol. The van der Waals surface area contributed by atoms with E-state index in [-0.39, 0.29) is 5.91 Å². The fourth-order valence-corrected chi connectivity index (χ4v) is 2.24. The van der Waals surface area contributed by atoms with Gasteiger partial charge in [0.2, 0.25) is 0 Å². The highest BCUT2D eigenvalue weighted by molar-refractivity contribution is 14.1. The standard InChI is InChI=1S/C11H11IN2O3/c12-7-3-4-8(13-6-7)10(15)14-5-1-2-9(14)11(16)17/h3-4,6,9H,1-2,5H2,(H,16,17)/t9-/m1/s1. The van der Waals surface area contributed by atoms with Crippen molar-refractivity contribution >= 4 is 34.5 Å². The zero-order chi connectivity index (χ0) is 12.4. The molecule has 1 aromatic rings. The molecule has 0 saturated carbocycles. The third-order valence-electron chi connectivity index (χ3n) is 2.75. The molecule has 5 nitrogen and oxygen atoms in total. The van der Waals surface area contributed by atoms with Crippen LogP contribution in [0.3, 0.4) is 0 Å². The highest BCUT2D eigenvalue weighted by Gasteiger charge is 2.34. The number of aliphatic carboxylic acids is 1. The maximum Gasteiger partial charge on any atom is 0.326 e. The smallest absolute Gasteiger partial charge is 0.326 e. The first kappa shape index (κ1) is 12.3. The quantitative estimate of drug-likeness (QED) is 0.822. The van der Waals surface area contributed by atoms with Crippen molar-refractivity contribution in [3.05, 3.63) is 27.6 Å². The molecule has 0 aliphatic carbocycles. The molecule has 1 saturated heterocycles. The van der Waals surface area contributed by atoms with Crippen molar-refractivity contribution in [3.63, 3.8) is 0 Å². The highest BCUT2D eigenvalue weighted by atomic mass is 127. The van der Waals surface area contributed by atoms with Gasteiger partial charge in [-0.25, -0.2) is 9.78 Å².